The standard InChI is InChI=1S/C13H16BrN3/c1-10-8-11(14)9-16-13(10)17(2)7-5-12-4-3-6-15-12/h3-4,6,8-9,15H,5,7H2,1-2H3. The van der Waals surface area contributed by atoms with Crippen LogP contribution >= 0.6 is 15.9 Å². The number of rotatable bonds is 4. The molecule has 4 heteroatoms. The highest BCUT2D eigenvalue weighted by atomic mass is 79.9. The maximum Gasteiger partial charge on any atom is 0.131 e. The summed E-state index contributed by atoms with van der Waals surface area (Å²) >= 11 is 3.43. The van der Waals surface area contributed by atoms with Gasteiger partial charge in [-0.2, -0.15) is 0 Å². The van der Waals surface area contributed by atoms with Gasteiger partial charge < -0.3 is 9.88 Å². The first-order valence-corrected chi connectivity index (χ1v) is 6.41. The van der Waals surface area contributed by atoms with Crippen molar-refractivity contribution in [1.29, 1.82) is 0 Å². The van der Waals surface area contributed by atoms with Crippen LogP contribution in [0.25, 0.3) is 0 Å². The van der Waals surface area contributed by atoms with Gasteiger partial charge in [-0.3, -0.25) is 0 Å². The van der Waals surface area contributed by atoms with Gasteiger partial charge in [0, 0.05) is 42.6 Å². The number of nitrogens with one attached hydrogen (secondary N) is 1. The van der Waals surface area contributed by atoms with Crippen LogP contribution in [-0.4, -0.2) is 23.6 Å². The van der Waals surface area contributed by atoms with Crippen LogP contribution < -0.4 is 4.90 Å². The number of aryl methyl sites for hydroxylation is 1. The van der Waals surface area contributed by atoms with Crippen molar-refractivity contribution in [3.05, 3.63) is 46.3 Å². The minimum absolute atomic E-state index is 0.954. The summed E-state index contributed by atoms with van der Waals surface area (Å²) in [6, 6.07) is 6.22. The average Bonchev–Trinajstić information content (AvgIpc) is 2.78. The second-order valence-electron chi connectivity index (χ2n) is 4.16. The van der Waals surface area contributed by atoms with Crippen LogP contribution in [0.5, 0.6) is 0 Å². The van der Waals surface area contributed by atoms with Crippen molar-refractivity contribution in [1.82, 2.24) is 9.97 Å². The molecule has 0 aliphatic carbocycles. The topological polar surface area (TPSA) is 31.9 Å². The summed E-state index contributed by atoms with van der Waals surface area (Å²) in [6.07, 6.45) is 4.80. The highest BCUT2D eigenvalue weighted by Crippen LogP contribution is 2.19. The number of nitrogens with zero attached hydrogens (tertiary/aromatic N) is 2. The normalized spacial score (nSPS) is 10.5. The fourth-order valence-corrected chi connectivity index (χ4v) is 2.30. The van der Waals surface area contributed by atoms with Gasteiger partial charge in [0.25, 0.3) is 0 Å². The molecule has 0 radical (unpaired) electrons. The highest BCUT2D eigenvalue weighted by molar-refractivity contribution is 9.10. The minimum atomic E-state index is 0.954. The molecule has 2 heterocycles. The highest BCUT2D eigenvalue weighted by Gasteiger charge is 2.06. The fraction of sp³-hybridized carbons (Fsp3) is 0.308. The number of aromatic nitrogens is 2. The van der Waals surface area contributed by atoms with E-state index in [-0.39, 0.29) is 0 Å². The lowest BCUT2D eigenvalue weighted by Crippen LogP contribution is -2.22. The molecule has 2 aromatic heterocycles. The monoisotopic (exact) mass is 293 g/mol. The third-order valence-corrected chi connectivity index (χ3v) is 3.19. The lowest BCUT2D eigenvalue weighted by atomic mass is 10.2. The van der Waals surface area contributed by atoms with Gasteiger partial charge >= 0.3 is 0 Å². The zero-order valence-corrected chi connectivity index (χ0v) is 11.7. The average molecular weight is 294 g/mol. The molecule has 0 fully saturated rings. The molecule has 0 atom stereocenters. The van der Waals surface area contributed by atoms with E-state index in [1.165, 1.54) is 11.3 Å². The Hall–Kier alpha value is -1.29. The maximum atomic E-state index is 4.45. The largest absolute Gasteiger partial charge is 0.365 e. The Labute approximate surface area is 110 Å². The van der Waals surface area contributed by atoms with Crippen molar-refractivity contribution < 1.29 is 0 Å². The molecule has 0 bridgehead atoms. The predicted molar refractivity (Wildman–Crippen MR) is 74.4 cm³/mol. The van der Waals surface area contributed by atoms with E-state index in [4.69, 9.17) is 0 Å². The van der Waals surface area contributed by atoms with Crippen molar-refractivity contribution >= 4 is 21.7 Å². The molecule has 17 heavy (non-hydrogen) atoms. The summed E-state index contributed by atoms with van der Waals surface area (Å²) in [7, 11) is 2.08. The van der Waals surface area contributed by atoms with Crippen molar-refractivity contribution in [2.24, 2.45) is 0 Å². The van der Waals surface area contributed by atoms with Gasteiger partial charge in [0.1, 0.15) is 5.82 Å². The van der Waals surface area contributed by atoms with Crippen molar-refractivity contribution in [3.8, 4) is 0 Å². The summed E-state index contributed by atoms with van der Waals surface area (Å²) in [6.45, 7) is 3.04. The summed E-state index contributed by atoms with van der Waals surface area (Å²) in [4.78, 5) is 9.84. The number of hydrogen-bond donors (Lipinski definition) is 1. The van der Waals surface area contributed by atoms with E-state index in [2.05, 4.69) is 56.9 Å². The molecule has 0 saturated carbocycles. The van der Waals surface area contributed by atoms with Gasteiger partial charge in [0.2, 0.25) is 0 Å². The Morgan fingerprint density at radius 3 is 2.94 bits per heavy atom. The van der Waals surface area contributed by atoms with Crippen LogP contribution in [0.1, 0.15) is 11.3 Å². The van der Waals surface area contributed by atoms with Crippen molar-refractivity contribution in [2.75, 3.05) is 18.5 Å². The molecular weight excluding hydrogens is 278 g/mol. The molecule has 0 aromatic carbocycles. The number of halogens is 1. The van der Waals surface area contributed by atoms with Crippen LogP contribution in [0, 0.1) is 6.92 Å². The Balaban J connectivity index is 2.01. The van der Waals surface area contributed by atoms with Crippen LogP contribution in [0.15, 0.2) is 35.1 Å². The van der Waals surface area contributed by atoms with Gasteiger partial charge in [-0.05, 0) is 46.6 Å². The van der Waals surface area contributed by atoms with E-state index in [9.17, 15) is 0 Å². The number of likely N-dealkylation sites (N-methyl/N-ethyl adjacent to an activating group) is 1. The van der Waals surface area contributed by atoms with Crippen molar-refractivity contribution in [2.45, 2.75) is 13.3 Å². The van der Waals surface area contributed by atoms with E-state index in [1.807, 2.05) is 18.5 Å². The zero-order chi connectivity index (χ0) is 12.3. The van der Waals surface area contributed by atoms with E-state index in [0.717, 1.165) is 23.3 Å². The van der Waals surface area contributed by atoms with E-state index >= 15 is 0 Å². The molecule has 0 unspecified atom stereocenters. The maximum absolute atomic E-state index is 4.45. The van der Waals surface area contributed by atoms with Gasteiger partial charge in [0.05, 0.1) is 0 Å². The lowest BCUT2D eigenvalue weighted by molar-refractivity contribution is 0.839. The summed E-state index contributed by atoms with van der Waals surface area (Å²) in [5.74, 6) is 1.04. The Morgan fingerprint density at radius 2 is 2.29 bits per heavy atom. The SMILES string of the molecule is Cc1cc(Br)cnc1N(C)CCc1ccc[nH]1. The Bertz CT molecular complexity index is 479. The number of aromatic amines is 1. The molecule has 0 spiro atoms. The lowest BCUT2D eigenvalue weighted by Gasteiger charge is -2.19. The molecule has 2 aromatic rings. The third-order valence-electron chi connectivity index (χ3n) is 2.76. The number of hydrogen-bond acceptors (Lipinski definition) is 2. The molecule has 3 nitrogen and oxygen atoms in total. The summed E-state index contributed by atoms with van der Waals surface area (Å²) in [5.41, 5.74) is 2.44. The fourth-order valence-electron chi connectivity index (χ4n) is 1.85. The smallest absolute Gasteiger partial charge is 0.131 e. The van der Waals surface area contributed by atoms with E-state index < -0.39 is 0 Å². The molecule has 0 aliphatic heterocycles. The van der Waals surface area contributed by atoms with Crippen LogP contribution in [-0.2, 0) is 6.42 Å². The molecule has 90 valence electrons. The zero-order valence-electron chi connectivity index (χ0n) is 10.1. The molecule has 0 saturated heterocycles. The Morgan fingerprint density at radius 1 is 1.47 bits per heavy atom. The summed E-state index contributed by atoms with van der Waals surface area (Å²) in [5, 5.41) is 0. The van der Waals surface area contributed by atoms with Crippen LogP contribution in [0.3, 0.4) is 0 Å². The molecule has 0 aliphatic rings. The second-order valence-corrected chi connectivity index (χ2v) is 5.08. The van der Waals surface area contributed by atoms with Gasteiger partial charge in [-0.15, -0.1) is 0 Å². The minimum Gasteiger partial charge on any atom is -0.365 e. The first-order chi connectivity index (χ1) is 8.16. The predicted octanol–water partition coefficient (Wildman–Crippen LogP) is 3.16. The summed E-state index contributed by atoms with van der Waals surface area (Å²) < 4.78 is 1.02. The second kappa shape index (κ2) is 5.36. The van der Waals surface area contributed by atoms with Gasteiger partial charge in [-0.25, -0.2) is 4.98 Å². The number of anilines is 1. The number of H-pyrrole nitrogens is 1. The van der Waals surface area contributed by atoms with Gasteiger partial charge in [0.15, 0.2) is 0 Å². The quantitative estimate of drug-likeness (QED) is 0.939. The van der Waals surface area contributed by atoms with Crippen LogP contribution in [0.2, 0.25) is 0 Å². The van der Waals surface area contributed by atoms with Crippen LogP contribution in [0.4, 0.5) is 5.82 Å². The van der Waals surface area contributed by atoms with E-state index in [0.29, 0.717) is 0 Å². The molecule has 1 N–H and O–H groups in total. The molecule has 0 amide bonds. The van der Waals surface area contributed by atoms with Crippen molar-refractivity contribution in [3.63, 3.8) is 0 Å². The Kier molecular flexibility index (Phi) is 3.84. The first-order valence-electron chi connectivity index (χ1n) is 5.62. The molecular formula is C13H16BrN3. The first kappa shape index (κ1) is 12.2. The number of pyridine rings is 1. The van der Waals surface area contributed by atoms with Gasteiger partial charge in [-0.1, -0.05) is 0 Å². The third kappa shape index (κ3) is 3.09. The van der Waals surface area contributed by atoms with E-state index in [1.54, 1.807) is 0 Å². The molecule has 2 rings (SSSR count).